The number of nitrogens with two attached hydrogens (primary N) is 1. The van der Waals surface area contributed by atoms with Crippen molar-refractivity contribution in [1.29, 1.82) is 5.26 Å². The molecule has 0 atom stereocenters. The van der Waals surface area contributed by atoms with Gasteiger partial charge in [-0.1, -0.05) is 0 Å². The predicted molar refractivity (Wildman–Crippen MR) is 55.0 cm³/mol. The second-order valence-corrected chi connectivity index (χ2v) is 3.88. The SMILES string of the molecule is CCOC(=O)N1CCC(N)(CC#N)CC1. The van der Waals surface area contributed by atoms with Gasteiger partial charge in [0.2, 0.25) is 0 Å². The number of carbonyl (C=O) groups excluding carboxylic acids is 1. The first-order chi connectivity index (χ1) is 7.11. The molecular weight excluding hydrogens is 194 g/mol. The lowest BCUT2D eigenvalue weighted by Gasteiger charge is -2.37. The highest BCUT2D eigenvalue weighted by atomic mass is 16.6. The maximum absolute atomic E-state index is 11.4. The quantitative estimate of drug-likeness (QED) is 0.734. The Bertz CT molecular complexity index is 264. The van der Waals surface area contributed by atoms with Gasteiger partial charge in [0.05, 0.1) is 19.1 Å². The molecule has 0 aromatic heterocycles. The van der Waals surface area contributed by atoms with Crippen LogP contribution in [0.3, 0.4) is 0 Å². The molecule has 0 spiro atoms. The van der Waals surface area contributed by atoms with Gasteiger partial charge in [-0.15, -0.1) is 0 Å². The average molecular weight is 211 g/mol. The Morgan fingerprint density at radius 1 is 1.60 bits per heavy atom. The molecule has 0 saturated carbocycles. The molecule has 15 heavy (non-hydrogen) atoms. The Balaban J connectivity index is 2.42. The highest BCUT2D eigenvalue weighted by Gasteiger charge is 2.32. The topological polar surface area (TPSA) is 79.3 Å². The largest absolute Gasteiger partial charge is 0.450 e. The molecule has 0 bridgehead atoms. The van der Waals surface area contributed by atoms with Gasteiger partial charge in [-0.2, -0.15) is 5.26 Å². The van der Waals surface area contributed by atoms with Gasteiger partial charge in [0, 0.05) is 18.6 Å². The Labute approximate surface area is 89.8 Å². The summed E-state index contributed by atoms with van der Waals surface area (Å²) >= 11 is 0. The Hall–Kier alpha value is -1.28. The maximum atomic E-state index is 11.4. The summed E-state index contributed by atoms with van der Waals surface area (Å²) in [5.74, 6) is 0. The molecule has 1 fully saturated rings. The summed E-state index contributed by atoms with van der Waals surface area (Å²) in [6.45, 7) is 3.33. The highest BCUT2D eigenvalue weighted by Crippen LogP contribution is 2.22. The monoisotopic (exact) mass is 211 g/mol. The number of hydrogen-bond acceptors (Lipinski definition) is 4. The smallest absolute Gasteiger partial charge is 0.409 e. The molecular formula is C10H17N3O2. The molecule has 1 aliphatic heterocycles. The summed E-state index contributed by atoms with van der Waals surface area (Å²) in [7, 11) is 0. The van der Waals surface area contributed by atoms with E-state index in [2.05, 4.69) is 6.07 Å². The molecule has 1 rings (SSSR count). The first kappa shape index (κ1) is 11.8. The van der Waals surface area contributed by atoms with Crippen molar-refractivity contribution in [1.82, 2.24) is 4.90 Å². The van der Waals surface area contributed by atoms with Crippen molar-refractivity contribution in [2.24, 2.45) is 5.73 Å². The van der Waals surface area contributed by atoms with Crippen molar-refractivity contribution in [3.63, 3.8) is 0 Å². The third kappa shape index (κ3) is 3.10. The lowest BCUT2D eigenvalue weighted by molar-refractivity contribution is 0.0878. The zero-order chi connectivity index (χ0) is 11.3. The van der Waals surface area contributed by atoms with Gasteiger partial charge >= 0.3 is 6.09 Å². The number of nitriles is 1. The van der Waals surface area contributed by atoms with Crippen LogP contribution in [0.15, 0.2) is 0 Å². The van der Waals surface area contributed by atoms with Crippen molar-refractivity contribution >= 4 is 6.09 Å². The fraction of sp³-hybridized carbons (Fsp3) is 0.800. The molecule has 1 saturated heterocycles. The van der Waals surface area contributed by atoms with Gasteiger partial charge in [-0.05, 0) is 19.8 Å². The number of carbonyl (C=O) groups is 1. The minimum atomic E-state index is -0.419. The molecule has 0 aliphatic carbocycles. The van der Waals surface area contributed by atoms with Crippen LogP contribution in [0.4, 0.5) is 4.79 Å². The van der Waals surface area contributed by atoms with E-state index >= 15 is 0 Å². The zero-order valence-electron chi connectivity index (χ0n) is 9.03. The number of rotatable bonds is 2. The summed E-state index contributed by atoms with van der Waals surface area (Å²) in [4.78, 5) is 13.0. The molecule has 5 heteroatoms. The summed E-state index contributed by atoms with van der Waals surface area (Å²) in [6, 6.07) is 2.09. The molecule has 1 aliphatic rings. The average Bonchev–Trinajstić information content (AvgIpc) is 2.19. The first-order valence-corrected chi connectivity index (χ1v) is 5.19. The van der Waals surface area contributed by atoms with E-state index in [0.717, 1.165) is 0 Å². The predicted octanol–water partition coefficient (Wildman–Crippen LogP) is 0.850. The Morgan fingerprint density at radius 3 is 2.67 bits per heavy atom. The van der Waals surface area contributed by atoms with E-state index in [-0.39, 0.29) is 6.09 Å². The summed E-state index contributed by atoms with van der Waals surface area (Å²) in [5, 5.41) is 8.61. The van der Waals surface area contributed by atoms with Gasteiger partial charge in [0.1, 0.15) is 0 Å². The van der Waals surface area contributed by atoms with Crippen LogP contribution in [-0.2, 0) is 4.74 Å². The van der Waals surface area contributed by atoms with E-state index in [1.807, 2.05) is 0 Å². The number of piperidine rings is 1. The number of amides is 1. The van der Waals surface area contributed by atoms with Crippen LogP contribution in [0.2, 0.25) is 0 Å². The minimum absolute atomic E-state index is 0.281. The molecule has 0 unspecified atom stereocenters. The van der Waals surface area contributed by atoms with Crippen LogP contribution in [0.5, 0.6) is 0 Å². The van der Waals surface area contributed by atoms with Crippen LogP contribution in [0, 0.1) is 11.3 Å². The normalized spacial score (nSPS) is 19.4. The molecule has 1 heterocycles. The van der Waals surface area contributed by atoms with Crippen molar-refractivity contribution in [2.75, 3.05) is 19.7 Å². The van der Waals surface area contributed by atoms with E-state index in [1.54, 1.807) is 11.8 Å². The van der Waals surface area contributed by atoms with E-state index in [0.29, 0.717) is 39.0 Å². The third-order valence-corrected chi connectivity index (χ3v) is 2.72. The van der Waals surface area contributed by atoms with E-state index in [4.69, 9.17) is 15.7 Å². The van der Waals surface area contributed by atoms with Crippen molar-refractivity contribution < 1.29 is 9.53 Å². The van der Waals surface area contributed by atoms with Crippen molar-refractivity contribution in [3.8, 4) is 6.07 Å². The van der Waals surface area contributed by atoms with Gasteiger partial charge in [-0.3, -0.25) is 0 Å². The lowest BCUT2D eigenvalue weighted by Crippen LogP contribution is -2.51. The van der Waals surface area contributed by atoms with Crippen LogP contribution in [0.1, 0.15) is 26.2 Å². The Kier molecular flexibility index (Phi) is 3.92. The summed E-state index contributed by atoms with van der Waals surface area (Å²) < 4.78 is 4.89. The lowest BCUT2D eigenvalue weighted by atomic mass is 9.86. The standard InChI is InChI=1S/C10H17N3O2/c1-2-15-9(14)13-7-4-10(12,3-6-11)5-8-13/h2-5,7-8,12H2,1H3. The van der Waals surface area contributed by atoms with Crippen LogP contribution in [-0.4, -0.2) is 36.2 Å². The molecule has 0 aromatic carbocycles. The van der Waals surface area contributed by atoms with E-state index in [9.17, 15) is 4.79 Å². The fourth-order valence-electron chi connectivity index (χ4n) is 1.68. The molecule has 0 radical (unpaired) electrons. The number of likely N-dealkylation sites (tertiary alicyclic amines) is 1. The van der Waals surface area contributed by atoms with Gasteiger partial charge in [0.15, 0.2) is 0 Å². The third-order valence-electron chi connectivity index (χ3n) is 2.72. The molecule has 0 aromatic rings. The molecule has 1 amide bonds. The van der Waals surface area contributed by atoms with Gasteiger partial charge in [0.25, 0.3) is 0 Å². The van der Waals surface area contributed by atoms with Crippen molar-refractivity contribution in [2.45, 2.75) is 31.7 Å². The maximum Gasteiger partial charge on any atom is 0.409 e. The van der Waals surface area contributed by atoms with Gasteiger partial charge < -0.3 is 15.4 Å². The zero-order valence-corrected chi connectivity index (χ0v) is 9.03. The summed E-state index contributed by atoms with van der Waals surface area (Å²) in [5.41, 5.74) is 5.59. The van der Waals surface area contributed by atoms with E-state index in [1.165, 1.54) is 0 Å². The number of hydrogen-bond donors (Lipinski definition) is 1. The van der Waals surface area contributed by atoms with Gasteiger partial charge in [-0.25, -0.2) is 4.79 Å². The van der Waals surface area contributed by atoms with Crippen LogP contribution >= 0.6 is 0 Å². The number of ether oxygens (including phenoxy) is 1. The second kappa shape index (κ2) is 4.99. The first-order valence-electron chi connectivity index (χ1n) is 5.19. The highest BCUT2D eigenvalue weighted by molar-refractivity contribution is 5.67. The van der Waals surface area contributed by atoms with Crippen LogP contribution < -0.4 is 5.73 Å². The fourth-order valence-corrected chi connectivity index (χ4v) is 1.68. The van der Waals surface area contributed by atoms with E-state index < -0.39 is 5.54 Å². The number of nitrogens with zero attached hydrogens (tertiary/aromatic N) is 2. The Morgan fingerprint density at radius 2 is 2.20 bits per heavy atom. The molecule has 84 valence electrons. The second-order valence-electron chi connectivity index (χ2n) is 3.88. The molecule has 5 nitrogen and oxygen atoms in total. The summed E-state index contributed by atoms with van der Waals surface area (Å²) in [6.07, 6.45) is 1.40. The minimum Gasteiger partial charge on any atom is -0.450 e. The van der Waals surface area contributed by atoms with Crippen LogP contribution in [0.25, 0.3) is 0 Å². The van der Waals surface area contributed by atoms with Crippen molar-refractivity contribution in [3.05, 3.63) is 0 Å². The molecule has 2 N–H and O–H groups in total.